The van der Waals surface area contributed by atoms with Gasteiger partial charge in [0.05, 0.1) is 26.6 Å². The summed E-state index contributed by atoms with van der Waals surface area (Å²) in [6.45, 7) is 0.405. The van der Waals surface area contributed by atoms with E-state index in [1.165, 1.54) is 0 Å². The van der Waals surface area contributed by atoms with Gasteiger partial charge >= 0.3 is 0 Å². The number of nitrogens with one attached hydrogen (secondary N) is 3. The van der Waals surface area contributed by atoms with Gasteiger partial charge in [-0.1, -0.05) is 48.5 Å². The number of benzene rings is 2. The Morgan fingerprint density at radius 3 is 2.33 bits per heavy atom. The molecule has 33 heavy (non-hydrogen) atoms. The zero-order chi connectivity index (χ0) is 23.5. The first-order chi connectivity index (χ1) is 16.0. The third-order valence-corrected chi connectivity index (χ3v) is 5.17. The summed E-state index contributed by atoms with van der Waals surface area (Å²) in [6.07, 6.45) is 3.00. The summed E-state index contributed by atoms with van der Waals surface area (Å²) in [5, 5.41) is 20.0. The number of ether oxygens (including phenoxy) is 1. The van der Waals surface area contributed by atoms with Crippen LogP contribution < -0.4 is 10.1 Å². The van der Waals surface area contributed by atoms with Crippen LogP contribution in [0.5, 0.6) is 5.75 Å². The number of aromatic nitrogens is 1. The van der Waals surface area contributed by atoms with Gasteiger partial charge in [0, 0.05) is 18.3 Å². The molecule has 0 aliphatic carbocycles. The van der Waals surface area contributed by atoms with E-state index in [-0.39, 0.29) is 24.7 Å². The van der Waals surface area contributed by atoms with Crippen molar-refractivity contribution in [2.24, 2.45) is 0 Å². The predicted molar refractivity (Wildman–Crippen MR) is 130 cm³/mol. The Kier molecular flexibility index (Phi) is 8.71. The first kappa shape index (κ1) is 23.7. The fourth-order valence-electron chi connectivity index (χ4n) is 3.32. The highest BCUT2D eigenvalue weighted by molar-refractivity contribution is 6.00. The molecule has 3 N–H and O–H groups in total. The second-order valence-electron chi connectivity index (χ2n) is 7.59. The molecule has 7 heteroatoms. The van der Waals surface area contributed by atoms with Crippen LogP contribution in [0.4, 0.5) is 0 Å². The minimum absolute atomic E-state index is 0.0372. The number of rotatable bonds is 10. The second kappa shape index (κ2) is 12.1. The van der Waals surface area contributed by atoms with Crippen LogP contribution in [0.3, 0.4) is 0 Å². The third-order valence-electron chi connectivity index (χ3n) is 5.17. The number of amidine groups is 2. The van der Waals surface area contributed by atoms with Gasteiger partial charge in [0.25, 0.3) is 0 Å². The molecule has 0 saturated heterocycles. The first-order valence-electron chi connectivity index (χ1n) is 10.8. The Labute approximate surface area is 194 Å². The zero-order valence-corrected chi connectivity index (χ0v) is 18.8. The van der Waals surface area contributed by atoms with Gasteiger partial charge in [-0.05, 0) is 41.8 Å². The van der Waals surface area contributed by atoms with Crippen LogP contribution in [0.25, 0.3) is 0 Å². The van der Waals surface area contributed by atoms with Crippen LogP contribution in [-0.4, -0.2) is 41.1 Å². The van der Waals surface area contributed by atoms with Crippen LogP contribution in [-0.2, 0) is 24.2 Å². The average Bonchev–Trinajstić information content (AvgIpc) is 2.86. The first-order valence-corrected chi connectivity index (χ1v) is 10.8. The molecule has 0 unspecified atom stereocenters. The van der Waals surface area contributed by atoms with Crippen LogP contribution >= 0.6 is 0 Å². The molecule has 2 aromatic carbocycles. The Morgan fingerprint density at radius 1 is 0.939 bits per heavy atom. The third kappa shape index (κ3) is 7.57. The Bertz CT molecular complexity index is 1050. The van der Waals surface area contributed by atoms with E-state index in [2.05, 4.69) is 10.3 Å². The van der Waals surface area contributed by atoms with E-state index in [1.807, 2.05) is 60.7 Å². The van der Waals surface area contributed by atoms with E-state index < -0.39 is 0 Å². The number of methoxy groups -OCH3 is 1. The lowest BCUT2D eigenvalue weighted by molar-refractivity contribution is -0.120. The normalized spacial score (nSPS) is 10.3. The lowest BCUT2D eigenvalue weighted by Crippen LogP contribution is -2.43. The van der Waals surface area contributed by atoms with Gasteiger partial charge in [-0.2, -0.15) is 0 Å². The Morgan fingerprint density at radius 2 is 1.67 bits per heavy atom. The maximum absolute atomic E-state index is 12.3. The summed E-state index contributed by atoms with van der Waals surface area (Å²) < 4.78 is 5.22. The van der Waals surface area contributed by atoms with Gasteiger partial charge < -0.3 is 15.0 Å². The molecule has 1 heterocycles. The molecule has 0 spiro atoms. The van der Waals surface area contributed by atoms with Crippen LogP contribution in [0, 0.1) is 10.8 Å². The van der Waals surface area contributed by atoms with Crippen molar-refractivity contribution >= 4 is 17.6 Å². The predicted octanol–water partition coefficient (Wildman–Crippen LogP) is 3.84. The van der Waals surface area contributed by atoms with E-state index in [4.69, 9.17) is 15.6 Å². The SMILES string of the molecule is COc1ccc(CN(C(=N)CCc2ccccc2)C(=N)CNC(=O)Cc2ccccn2)cc1. The summed E-state index contributed by atoms with van der Waals surface area (Å²) in [4.78, 5) is 18.1. The number of hydrogen-bond acceptors (Lipinski definition) is 5. The van der Waals surface area contributed by atoms with E-state index in [0.29, 0.717) is 30.9 Å². The topological polar surface area (TPSA) is 102 Å². The van der Waals surface area contributed by atoms with Crippen molar-refractivity contribution in [1.29, 1.82) is 10.8 Å². The highest BCUT2D eigenvalue weighted by Gasteiger charge is 2.17. The maximum Gasteiger partial charge on any atom is 0.226 e. The molecule has 0 aliphatic rings. The lowest BCUT2D eigenvalue weighted by atomic mass is 10.1. The van der Waals surface area contributed by atoms with Gasteiger partial charge in [-0.15, -0.1) is 0 Å². The van der Waals surface area contributed by atoms with Crippen molar-refractivity contribution in [3.63, 3.8) is 0 Å². The Balaban J connectivity index is 1.64. The van der Waals surface area contributed by atoms with E-state index in [0.717, 1.165) is 16.9 Å². The molecule has 1 aromatic heterocycles. The second-order valence-corrected chi connectivity index (χ2v) is 7.59. The average molecular weight is 444 g/mol. The van der Waals surface area contributed by atoms with Crippen molar-refractivity contribution < 1.29 is 9.53 Å². The van der Waals surface area contributed by atoms with E-state index >= 15 is 0 Å². The lowest BCUT2D eigenvalue weighted by Gasteiger charge is -2.26. The van der Waals surface area contributed by atoms with Gasteiger partial charge in [0.1, 0.15) is 17.4 Å². The van der Waals surface area contributed by atoms with Gasteiger partial charge in [-0.3, -0.25) is 20.6 Å². The van der Waals surface area contributed by atoms with Crippen LogP contribution in [0.2, 0.25) is 0 Å². The monoisotopic (exact) mass is 443 g/mol. The van der Waals surface area contributed by atoms with Crippen LogP contribution in [0.1, 0.15) is 23.2 Å². The standard InChI is InChI=1S/C26H29N5O2/c1-33-23-13-10-21(11-14-23)19-31(24(27)15-12-20-7-3-2-4-8-20)25(28)18-30-26(32)17-22-9-5-6-16-29-22/h2-11,13-14,16,27-28H,12,15,17-19H2,1H3,(H,30,32). The zero-order valence-electron chi connectivity index (χ0n) is 18.8. The number of amides is 1. The maximum atomic E-state index is 12.3. The smallest absolute Gasteiger partial charge is 0.226 e. The van der Waals surface area contributed by atoms with Gasteiger partial charge in [0.15, 0.2) is 0 Å². The minimum atomic E-state index is -0.210. The highest BCUT2D eigenvalue weighted by Crippen LogP contribution is 2.15. The molecule has 3 rings (SSSR count). The minimum Gasteiger partial charge on any atom is -0.497 e. The number of nitrogens with zero attached hydrogens (tertiary/aromatic N) is 2. The van der Waals surface area contributed by atoms with E-state index in [1.54, 1.807) is 30.3 Å². The molecule has 0 atom stereocenters. The van der Waals surface area contributed by atoms with Crippen molar-refractivity contribution in [2.75, 3.05) is 13.7 Å². The number of pyridine rings is 1. The number of aryl methyl sites for hydroxylation is 1. The summed E-state index contributed by atoms with van der Waals surface area (Å²) >= 11 is 0. The molecular formula is C26H29N5O2. The van der Waals surface area contributed by atoms with Crippen molar-refractivity contribution in [3.05, 3.63) is 95.8 Å². The summed E-state index contributed by atoms with van der Waals surface area (Å²) in [6, 6.07) is 23.0. The fraction of sp³-hybridized carbons (Fsp3) is 0.231. The molecule has 1 amide bonds. The molecule has 7 nitrogen and oxygen atoms in total. The number of carbonyl (C=O) groups is 1. The molecule has 0 fully saturated rings. The summed E-state index contributed by atoms with van der Waals surface area (Å²) in [5.41, 5.74) is 2.76. The molecule has 0 radical (unpaired) electrons. The summed E-state index contributed by atoms with van der Waals surface area (Å²) in [5.74, 6) is 1.04. The van der Waals surface area contributed by atoms with Gasteiger partial charge in [0.2, 0.25) is 5.91 Å². The van der Waals surface area contributed by atoms with E-state index in [9.17, 15) is 4.79 Å². The number of hydrogen-bond donors (Lipinski definition) is 3. The molecule has 0 aliphatic heterocycles. The number of carbonyl (C=O) groups excluding carboxylic acids is 1. The molecule has 0 saturated carbocycles. The van der Waals surface area contributed by atoms with Crippen LogP contribution in [0.15, 0.2) is 79.0 Å². The van der Waals surface area contributed by atoms with Gasteiger partial charge in [-0.25, -0.2) is 0 Å². The Hall–Kier alpha value is -4.00. The quantitative estimate of drug-likeness (QED) is 0.327. The van der Waals surface area contributed by atoms with Crippen molar-refractivity contribution in [2.45, 2.75) is 25.8 Å². The summed E-state index contributed by atoms with van der Waals surface area (Å²) in [7, 11) is 1.61. The highest BCUT2D eigenvalue weighted by atomic mass is 16.5. The van der Waals surface area contributed by atoms with Crippen molar-refractivity contribution in [1.82, 2.24) is 15.2 Å². The fourth-order valence-corrected chi connectivity index (χ4v) is 3.32. The molecule has 0 bridgehead atoms. The largest absolute Gasteiger partial charge is 0.497 e. The molecule has 3 aromatic rings. The molecule has 170 valence electrons. The molecular weight excluding hydrogens is 414 g/mol. The van der Waals surface area contributed by atoms with Crippen molar-refractivity contribution in [3.8, 4) is 5.75 Å².